The van der Waals surface area contributed by atoms with Gasteiger partial charge in [0.25, 0.3) is 0 Å². The highest BCUT2D eigenvalue weighted by atomic mass is 35.5. The molecule has 27 heavy (non-hydrogen) atoms. The molecule has 4 aromatic rings. The lowest BCUT2D eigenvalue weighted by Crippen LogP contribution is -2.16. The second kappa shape index (κ2) is 7.30. The van der Waals surface area contributed by atoms with Gasteiger partial charge in [-0.25, -0.2) is 4.39 Å². The summed E-state index contributed by atoms with van der Waals surface area (Å²) in [7, 11) is 0. The van der Waals surface area contributed by atoms with Crippen molar-refractivity contribution >= 4 is 23.1 Å². The molecule has 2 heterocycles. The van der Waals surface area contributed by atoms with E-state index in [2.05, 4.69) is 20.6 Å². The summed E-state index contributed by atoms with van der Waals surface area (Å²) in [5, 5.41) is 26.1. The van der Waals surface area contributed by atoms with Crippen LogP contribution >= 0.6 is 11.6 Å². The molecule has 2 N–H and O–H groups in total. The summed E-state index contributed by atoms with van der Waals surface area (Å²) in [6.07, 6.45) is 0. The molecule has 2 aromatic carbocycles. The number of aliphatic hydroxyl groups excluding tert-OH is 1. The van der Waals surface area contributed by atoms with E-state index in [4.69, 9.17) is 11.6 Å². The molecule has 0 aliphatic heterocycles. The van der Waals surface area contributed by atoms with Gasteiger partial charge in [-0.15, -0.1) is 15.3 Å². The Bertz CT molecular complexity index is 1080. The maximum Gasteiger partial charge on any atom is 0.188 e. The van der Waals surface area contributed by atoms with Gasteiger partial charge in [-0.3, -0.25) is 0 Å². The van der Waals surface area contributed by atoms with E-state index >= 15 is 0 Å². The molecule has 0 aliphatic carbocycles. The number of aromatic nitrogens is 4. The molecular weight excluding hydrogens is 369 g/mol. The molecule has 0 saturated carbocycles. The normalized spacial score (nSPS) is 12.3. The standard InChI is InChI=1S/C19H15ClFN5O/c20-13-7-5-12(6-8-13)16(11-27)22-17-9-10-18-23-24-19(26(18)25-17)14-3-1-2-4-15(14)21/h1-10,16,27H,11H2,(H,22,25). The zero-order valence-electron chi connectivity index (χ0n) is 14.0. The van der Waals surface area contributed by atoms with E-state index in [9.17, 15) is 9.50 Å². The Labute approximate surface area is 159 Å². The van der Waals surface area contributed by atoms with Gasteiger partial charge >= 0.3 is 0 Å². The number of nitrogens with zero attached hydrogens (tertiary/aromatic N) is 4. The summed E-state index contributed by atoms with van der Waals surface area (Å²) in [5.74, 6) is 0.397. The third-order valence-electron chi connectivity index (χ3n) is 4.15. The fraction of sp³-hybridized carbons (Fsp3) is 0.105. The number of hydrogen-bond acceptors (Lipinski definition) is 5. The van der Waals surface area contributed by atoms with E-state index in [1.165, 1.54) is 10.6 Å². The van der Waals surface area contributed by atoms with Crippen LogP contribution in [0, 0.1) is 5.82 Å². The molecule has 2 aromatic heterocycles. The van der Waals surface area contributed by atoms with Crippen LogP contribution in [0.25, 0.3) is 17.0 Å². The Kier molecular flexibility index (Phi) is 4.70. The Morgan fingerprint density at radius 3 is 2.56 bits per heavy atom. The fourth-order valence-corrected chi connectivity index (χ4v) is 2.91. The van der Waals surface area contributed by atoms with Crippen molar-refractivity contribution in [3.8, 4) is 11.4 Å². The maximum atomic E-state index is 14.1. The lowest BCUT2D eigenvalue weighted by molar-refractivity contribution is 0.276. The molecule has 0 amide bonds. The zero-order valence-corrected chi connectivity index (χ0v) is 14.8. The van der Waals surface area contributed by atoms with Crippen LogP contribution in [-0.2, 0) is 0 Å². The first-order valence-electron chi connectivity index (χ1n) is 8.26. The number of rotatable bonds is 5. The van der Waals surface area contributed by atoms with E-state index in [1.807, 2.05) is 12.1 Å². The molecule has 136 valence electrons. The van der Waals surface area contributed by atoms with Gasteiger partial charge in [0.15, 0.2) is 11.5 Å². The van der Waals surface area contributed by atoms with Gasteiger partial charge < -0.3 is 10.4 Å². The molecule has 0 bridgehead atoms. The highest BCUT2D eigenvalue weighted by molar-refractivity contribution is 6.30. The number of aliphatic hydroxyl groups is 1. The van der Waals surface area contributed by atoms with Crippen LogP contribution in [0.1, 0.15) is 11.6 Å². The number of halogens is 2. The number of fused-ring (bicyclic) bond motifs is 1. The minimum Gasteiger partial charge on any atom is -0.394 e. The largest absolute Gasteiger partial charge is 0.394 e. The minimum absolute atomic E-state index is 0.135. The van der Waals surface area contributed by atoms with Gasteiger partial charge in [0.2, 0.25) is 0 Å². The highest BCUT2D eigenvalue weighted by Crippen LogP contribution is 2.23. The summed E-state index contributed by atoms with van der Waals surface area (Å²) < 4.78 is 15.6. The molecule has 4 rings (SSSR count). The number of nitrogens with one attached hydrogen (secondary N) is 1. The second-order valence-corrected chi connectivity index (χ2v) is 6.36. The van der Waals surface area contributed by atoms with Crippen molar-refractivity contribution in [1.29, 1.82) is 0 Å². The Balaban J connectivity index is 1.69. The molecule has 1 unspecified atom stereocenters. The average molecular weight is 384 g/mol. The molecule has 0 radical (unpaired) electrons. The quantitative estimate of drug-likeness (QED) is 0.549. The lowest BCUT2D eigenvalue weighted by Gasteiger charge is -2.17. The van der Waals surface area contributed by atoms with Crippen LogP contribution in [0.3, 0.4) is 0 Å². The number of benzene rings is 2. The molecule has 8 heteroatoms. The van der Waals surface area contributed by atoms with Crippen molar-refractivity contribution in [1.82, 2.24) is 19.8 Å². The summed E-state index contributed by atoms with van der Waals surface area (Å²) in [6, 6.07) is 16.6. The van der Waals surface area contributed by atoms with Crippen LogP contribution < -0.4 is 5.32 Å². The van der Waals surface area contributed by atoms with Gasteiger partial charge in [-0.2, -0.15) is 4.52 Å². The van der Waals surface area contributed by atoms with Crippen molar-refractivity contribution in [2.45, 2.75) is 6.04 Å². The van der Waals surface area contributed by atoms with Crippen LogP contribution in [-0.4, -0.2) is 31.5 Å². The summed E-state index contributed by atoms with van der Waals surface area (Å²) >= 11 is 5.92. The third-order valence-corrected chi connectivity index (χ3v) is 4.41. The molecule has 1 atom stereocenters. The van der Waals surface area contributed by atoms with Crippen LogP contribution in [0.5, 0.6) is 0 Å². The predicted octanol–water partition coefficient (Wildman–Crippen LogP) is 3.73. The van der Waals surface area contributed by atoms with E-state index in [1.54, 1.807) is 42.5 Å². The first-order valence-corrected chi connectivity index (χ1v) is 8.64. The van der Waals surface area contributed by atoms with Gasteiger partial charge in [-0.05, 0) is 42.0 Å². The number of hydrogen-bond donors (Lipinski definition) is 2. The molecule has 0 fully saturated rings. The average Bonchev–Trinajstić information content (AvgIpc) is 3.10. The highest BCUT2D eigenvalue weighted by Gasteiger charge is 2.15. The molecule has 0 spiro atoms. The predicted molar refractivity (Wildman–Crippen MR) is 101 cm³/mol. The zero-order chi connectivity index (χ0) is 18.8. The van der Waals surface area contributed by atoms with Crippen molar-refractivity contribution < 1.29 is 9.50 Å². The molecular formula is C19H15ClFN5O. The smallest absolute Gasteiger partial charge is 0.188 e. The maximum absolute atomic E-state index is 14.1. The fourth-order valence-electron chi connectivity index (χ4n) is 2.78. The van der Waals surface area contributed by atoms with E-state index in [0.717, 1.165) is 5.56 Å². The monoisotopic (exact) mass is 383 g/mol. The first-order chi connectivity index (χ1) is 13.2. The summed E-state index contributed by atoms with van der Waals surface area (Å²) in [6.45, 7) is -0.135. The number of anilines is 1. The lowest BCUT2D eigenvalue weighted by atomic mass is 10.1. The Morgan fingerprint density at radius 1 is 1.04 bits per heavy atom. The first kappa shape index (κ1) is 17.4. The van der Waals surface area contributed by atoms with E-state index in [-0.39, 0.29) is 12.6 Å². The second-order valence-electron chi connectivity index (χ2n) is 5.92. The van der Waals surface area contributed by atoms with Crippen LogP contribution in [0.2, 0.25) is 5.02 Å². The minimum atomic E-state index is -0.402. The Morgan fingerprint density at radius 2 is 1.81 bits per heavy atom. The SMILES string of the molecule is OCC(Nc1ccc2nnc(-c3ccccc3F)n2n1)c1ccc(Cl)cc1. The molecule has 0 aliphatic rings. The van der Waals surface area contributed by atoms with Crippen LogP contribution in [0.15, 0.2) is 60.7 Å². The van der Waals surface area contributed by atoms with Crippen molar-refractivity contribution in [2.75, 3.05) is 11.9 Å². The van der Waals surface area contributed by atoms with Crippen LogP contribution in [0.4, 0.5) is 10.2 Å². The van der Waals surface area contributed by atoms with Gasteiger partial charge in [0.1, 0.15) is 11.6 Å². The van der Waals surface area contributed by atoms with E-state index < -0.39 is 5.82 Å². The van der Waals surface area contributed by atoms with E-state index in [0.29, 0.717) is 27.9 Å². The van der Waals surface area contributed by atoms with Gasteiger partial charge in [-0.1, -0.05) is 35.9 Å². The molecule has 0 saturated heterocycles. The molecule has 6 nitrogen and oxygen atoms in total. The van der Waals surface area contributed by atoms with Crippen molar-refractivity contribution in [3.63, 3.8) is 0 Å². The van der Waals surface area contributed by atoms with Crippen molar-refractivity contribution in [3.05, 3.63) is 77.1 Å². The summed E-state index contributed by atoms with van der Waals surface area (Å²) in [5.41, 5.74) is 1.67. The Hall–Kier alpha value is -3.03. The van der Waals surface area contributed by atoms with Gasteiger partial charge in [0.05, 0.1) is 18.2 Å². The van der Waals surface area contributed by atoms with Gasteiger partial charge in [0, 0.05) is 5.02 Å². The third kappa shape index (κ3) is 3.47. The summed E-state index contributed by atoms with van der Waals surface area (Å²) in [4.78, 5) is 0. The van der Waals surface area contributed by atoms with Crippen molar-refractivity contribution in [2.24, 2.45) is 0 Å². The topological polar surface area (TPSA) is 75.3 Å².